The Balaban J connectivity index is 3.79. The predicted molar refractivity (Wildman–Crippen MR) is 56.4 cm³/mol. The topological polar surface area (TPSA) is 0 Å². The van der Waals surface area contributed by atoms with Crippen molar-refractivity contribution >= 4 is 8.07 Å². The lowest BCUT2D eigenvalue weighted by molar-refractivity contribution is 0.936. The molecule has 0 N–H and O–H groups in total. The second-order valence-electron chi connectivity index (χ2n) is 3.75. The van der Waals surface area contributed by atoms with Gasteiger partial charge in [-0.15, -0.1) is 0 Å². The van der Waals surface area contributed by atoms with Gasteiger partial charge in [-0.3, -0.25) is 0 Å². The molecule has 67 valence electrons. The summed E-state index contributed by atoms with van der Waals surface area (Å²) in [5.74, 6) is 0. The summed E-state index contributed by atoms with van der Waals surface area (Å²) in [4.78, 5) is 0. The molecule has 0 aromatic heterocycles. The third kappa shape index (κ3) is 4.62. The zero-order valence-corrected chi connectivity index (χ0v) is 9.45. The van der Waals surface area contributed by atoms with Gasteiger partial charge in [0.15, 0.2) is 0 Å². The van der Waals surface area contributed by atoms with Crippen LogP contribution in [0.5, 0.6) is 0 Å². The fourth-order valence-corrected chi connectivity index (χ4v) is 5.90. The first-order chi connectivity index (χ1) is 5.18. The molecule has 1 heteroatoms. The summed E-state index contributed by atoms with van der Waals surface area (Å²) in [6.07, 6.45) is 4.03. The van der Waals surface area contributed by atoms with Crippen molar-refractivity contribution in [2.24, 2.45) is 0 Å². The van der Waals surface area contributed by atoms with E-state index in [9.17, 15) is 0 Å². The minimum Gasteiger partial charge on any atom is -0.0657 e. The van der Waals surface area contributed by atoms with Gasteiger partial charge in [0.05, 0.1) is 8.07 Å². The summed E-state index contributed by atoms with van der Waals surface area (Å²) in [5.41, 5.74) is 0. The third-order valence-electron chi connectivity index (χ3n) is 2.34. The van der Waals surface area contributed by atoms with Crippen molar-refractivity contribution in [3.05, 3.63) is 6.55 Å². The lowest BCUT2D eigenvalue weighted by Gasteiger charge is -2.25. The molecule has 0 aliphatic heterocycles. The Morgan fingerprint density at radius 1 is 0.818 bits per heavy atom. The minimum absolute atomic E-state index is 0.999. The van der Waals surface area contributed by atoms with Crippen LogP contribution in [0, 0.1) is 6.55 Å². The summed E-state index contributed by atoms with van der Waals surface area (Å²) < 4.78 is 0. The molecule has 0 aliphatic carbocycles. The summed E-state index contributed by atoms with van der Waals surface area (Å²) >= 11 is 0. The molecular weight excluding hydrogens is 148 g/mol. The smallest absolute Gasteiger partial charge is 0.0532 e. The molecule has 0 heterocycles. The monoisotopic (exact) mass is 171 g/mol. The maximum absolute atomic E-state index is 4.48. The highest BCUT2D eigenvalue weighted by atomic mass is 28.3. The van der Waals surface area contributed by atoms with Crippen LogP contribution in [0.1, 0.15) is 40.0 Å². The Morgan fingerprint density at radius 2 is 1.09 bits per heavy atom. The normalized spacial score (nSPS) is 12.0. The Morgan fingerprint density at radius 3 is 1.27 bits per heavy atom. The first-order valence-corrected chi connectivity index (χ1v) is 7.86. The quantitative estimate of drug-likeness (QED) is 0.529. The molecule has 0 atom stereocenters. The SMILES string of the molecule is [CH2][Si](CCC)(CCC)CCC. The predicted octanol–water partition coefficient (Wildman–Crippen LogP) is 4.04. The van der Waals surface area contributed by atoms with Gasteiger partial charge in [0.25, 0.3) is 0 Å². The van der Waals surface area contributed by atoms with Gasteiger partial charge in [0, 0.05) is 0 Å². The second-order valence-corrected chi connectivity index (χ2v) is 8.25. The van der Waals surface area contributed by atoms with Crippen molar-refractivity contribution in [3.8, 4) is 0 Å². The van der Waals surface area contributed by atoms with Crippen LogP contribution < -0.4 is 0 Å². The fourth-order valence-electron chi connectivity index (χ4n) is 1.97. The van der Waals surface area contributed by atoms with E-state index in [2.05, 4.69) is 27.3 Å². The number of hydrogen-bond donors (Lipinski definition) is 0. The van der Waals surface area contributed by atoms with Crippen molar-refractivity contribution in [2.45, 2.75) is 58.2 Å². The van der Waals surface area contributed by atoms with Crippen LogP contribution in [0.25, 0.3) is 0 Å². The van der Waals surface area contributed by atoms with Crippen LogP contribution in [0.2, 0.25) is 18.1 Å². The van der Waals surface area contributed by atoms with Gasteiger partial charge in [-0.2, -0.15) is 0 Å². The molecule has 1 radical (unpaired) electrons. The maximum Gasteiger partial charge on any atom is 0.0532 e. The molecule has 0 nitrogen and oxygen atoms in total. The highest BCUT2D eigenvalue weighted by Crippen LogP contribution is 2.24. The van der Waals surface area contributed by atoms with E-state index in [0.717, 1.165) is 0 Å². The first kappa shape index (κ1) is 11.2. The van der Waals surface area contributed by atoms with E-state index in [1.807, 2.05) is 0 Å². The molecule has 0 aromatic carbocycles. The van der Waals surface area contributed by atoms with Crippen LogP contribution in [0.4, 0.5) is 0 Å². The van der Waals surface area contributed by atoms with Gasteiger partial charge >= 0.3 is 0 Å². The highest BCUT2D eigenvalue weighted by Gasteiger charge is 2.23. The summed E-state index contributed by atoms with van der Waals surface area (Å²) in [7, 11) is -0.999. The molecule has 0 fully saturated rings. The molecule has 0 amide bonds. The van der Waals surface area contributed by atoms with Crippen molar-refractivity contribution in [3.63, 3.8) is 0 Å². The second kappa shape index (κ2) is 5.82. The van der Waals surface area contributed by atoms with Gasteiger partial charge in [-0.25, -0.2) is 0 Å². The number of rotatable bonds is 6. The molecule has 0 spiro atoms. The summed E-state index contributed by atoms with van der Waals surface area (Å²) in [6.45, 7) is 11.3. The van der Waals surface area contributed by atoms with Crippen molar-refractivity contribution in [1.82, 2.24) is 0 Å². The van der Waals surface area contributed by atoms with Gasteiger partial charge in [-0.1, -0.05) is 64.7 Å². The van der Waals surface area contributed by atoms with E-state index in [1.54, 1.807) is 0 Å². The fraction of sp³-hybridized carbons (Fsp3) is 0.900. The van der Waals surface area contributed by atoms with Crippen LogP contribution >= 0.6 is 0 Å². The van der Waals surface area contributed by atoms with Crippen LogP contribution in [-0.4, -0.2) is 8.07 Å². The van der Waals surface area contributed by atoms with Crippen molar-refractivity contribution in [2.75, 3.05) is 0 Å². The highest BCUT2D eigenvalue weighted by molar-refractivity contribution is 6.81. The standard InChI is InChI=1S/C10H23Si/c1-5-8-11(4,9-6-2)10-7-3/h4-10H2,1-3H3. The Labute approximate surface area is 73.4 Å². The van der Waals surface area contributed by atoms with Crippen LogP contribution in [0.15, 0.2) is 0 Å². The van der Waals surface area contributed by atoms with Gasteiger partial charge in [-0.05, 0) is 0 Å². The van der Waals surface area contributed by atoms with Crippen LogP contribution in [0.3, 0.4) is 0 Å². The van der Waals surface area contributed by atoms with Crippen molar-refractivity contribution < 1.29 is 0 Å². The molecule has 0 rings (SSSR count). The zero-order valence-electron chi connectivity index (χ0n) is 8.45. The lowest BCUT2D eigenvalue weighted by Crippen LogP contribution is -2.29. The van der Waals surface area contributed by atoms with Crippen LogP contribution in [-0.2, 0) is 0 Å². The van der Waals surface area contributed by atoms with E-state index >= 15 is 0 Å². The van der Waals surface area contributed by atoms with E-state index in [4.69, 9.17) is 0 Å². The maximum atomic E-state index is 4.48. The van der Waals surface area contributed by atoms with E-state index in [0.29, 0.717) is 0 Å². The largest absolute Gasteiger partial charge is 0.0657 e. The molecule has 0 saturated carbocycles. The Hall–Kier alpha value is 0.217. The third-order valence-corrected chi connectivity index (χ3v) is 7.02. The van der Waals surface area contributed by atoms with Crippen molar-refractivity contribution in [1.29, 1.82) is 0 Å². The Bertz CT molecular complexity index is 71.9. The van der Waals surface area contributed by atoms with E-state index in [-0.39, 0.29) is 0 Å². The number of hydrogen-bond acceptors (Lipinski definition) is 0. The molecule has 0 saturated heterocycles. The molecule has 0 unspecified atom stereocenters. The van der Waals surface area contributed by atoms with Gasteiger partial charge < -0.3 is 0 Å². The molecule has 0 aromatic rings. The molecule has 0 aliphatic rings. The Kier molecular flexibility index (Phi) is 5.93. The van der Waals surface area contributed by atoms with Gasteiger partial charge in [0.1, 0.15) is 0 Å². The average Bonchev–Trinajstić information content (AvgIpc) is 1.88. The average molecular weight is 171 g/mol. The summed E-state index contributed by atoms with van der Waals surface area (Å²) in [5, 5.41) is 0. The minimum atomic E-state index is -0.999. The van der Waals surface area contributed by atoms with Gasteiger partial charge in [0.2, 0.25) is 0 Å². The molecule has 11 heavy (non-hydrogen) atoms. The van der Waals surface area contributed by atoms with E-state index in [1.165, 1.54) is 37.4 Å². The summed E-state index contributed by atoms with van der Waals surface area (Å²) in [6, 6.07) is 4.32. The van der Waals surface area contributed by atoms with E-state index < -0.39 is 8.07 Å². The molecule has 0 bridgehead atoms. The first-order valence-electron chi connectivity index (χ1n) is 5.04. The lowest BCUT2D eigenvalue weighted by atomic mass is 10.5. The zero-order chi connectivity index (χ0) is 8.74. The molecular formula is C10H23Si.